The smallest absolute Gasteiger partial charge is 0.239 e. The number of hydrogen-bond acceptors (Lipinski definition) is 2. The Balaban J connectivity index is 1.62. The van der Waals surface area contributed by atoms with Crippen LogP contribution in [0.4, 0.5) is 5.69 Å². The van der Waals surface area contributed by atoms with Crippen LogP contribution < -0.4 is 10.2 Å². The quantitative estimate of drug-likeness (QED) is 0.868. The Kier molecular flexibility index (Phi) is 4.23. The topological polar surface area (TPSA) is 49.4 Å². The molecule has 4 heteroatoms. The predicted molar refractivity (Wildman–Crippen MR) is 81.9 cm³/mol. The highest BCUT2D eigenvalue weighted by Gasteiger charge is 2.38. The predicted octanol–water partition coefficient (Wildman–Crippen LogP) is 2.49. The van der Waals surface area contributed by atoms with E-state index in [-0.39, 0.29) is 17.9 Å². The highest BCUT2D eigenvalue weighted by atomic mass is 16.2. The molecule has 21 heavy (non-hydrogen) atoms. The van der Waals surface area contributed by atoms with Crippen LogP contribution in [-0.4, -0.2) is 24.4 Å². The van der Waals surface area contributed by atoms with Crippen LogP contribution in [0.3, 0.4) is 0 Å². The second-order valence-electron chi connectivity index (χ2n) is 6.01. The van der Waals surface area contributed by atoms with Crippen molar-refractivity contribution in [1.82, 2.24) is 5.32 Å². The average molecular weight is 286 g/mol. The molecule has 1 aromatic rings. The summed E-state index contributed by atoms with van der Waals surface area (Å²) in [5.41, 5.74) is 0.885. The molecule has 1 aliphatic heterocycles. The Morgan fingerprint density at radius 1 is 1.05 bits per heavy atom. The monoisotopic (exact) mass is 286 g/mol. The SMILES string of the molecule is O=C(NC1CCCCC1)[C@@H]1CCN(c2ccccc2)C1=O. The molecule has 1 saturated carbocycles. The van der Waals surface area contributed by atoms with Gasteiger partial charge in [-0.05, 0) is 31.4 Å². The van der Waals surface area contributed by atoms with Gasteiger partial charge in [0.15, 0.2) is 0 Å². The van der Waals surface area contributed by atoms with Crippen LogP contribution in [0, 0.1) is 5.92 Å². The van der Waals surface area contributed by atoms with Gasteiger partial charge in [0.05, 0.1) is 0 Å². The summed E-state index contributed by atoms with van der Waals surface area (Å²) in [5, 5.41) is 3.08. The van der Waals surface area contributed by atoms with E-state index < -0.39 is 5.92 Å². The molecule has 3 rings (SSSR count). The van der Waals surface area contributed by atoms with Crippen molar-refractivity contribution >= 4 is 17.5 Å². The molecule has 1 heterocycles. The third-order valence-electron chi connectivity index (χ3n) is 4.54. The number of para-hydroxylation sites is 1. The molecular formula is C17H22N2O2. The minimum atomic E-state index is -0.507. The van der Waals surface area contributed by atoms with Crippen molar-refractivity contribution in [2.75, 3.05) is 11.4 Å². The van der Waals surface area contributed by atoms with Crippen LogP contribution in [0.25, 0.3) is 0 Å². The van der Waals surface area contributed by atoms with E-state index in [1.165, 1.54) is 19.3 Å². The maximum absolute atomic E-state index is 12.5. The summed E-state index contributed by atoms with van der Waals surface area (Å²) in [6.07, 6.45) is 6.34. The fourth-order valence-electron chi connectivity index (χ4n) is 3.34. The molecule has 2 aliphatic rings. The molecule has 4 nitrogen and oxygen atoms in total. The molecule has 0 radical (unpaired) electrons. The molecule has 1 N–H and O–H groups in total. The van der Waals surface area contributed by atoms with Gasteiger partial charge < -0.3 is 10.2 Å². The number of anilines is 1. The minimum Gasteiger partial charge on any atom is -0.353 e. The summed E-state index contributed by atoms with van der Waals surface area (Å²) in [4.78, 5) is 26.5. The van der Waals surface area contributed by atoms with E-state index in [9.17, 15) is 9.59 Å². The lowest BCUT2D eigenvalue weighted by Gasteiger charge is -2.24. The number of carbonyl (C=O) groups excluding carboxylic acids is 2. The van der Waals surface area contributed by atoms with Crippen molar-refractivity contribution in [3.8, 4) is 0 Å². The zero-order valence-corrected chi connectivity index (χ0v) is 12.3. The molecule has 2 fully saturated rings. The number of nitrogens with zero attached hydrogens (tertiary/aromatic N) is 1. The molecule has 0 aromatic heterocycles. The van der Waals surface area contributed by atoms with E-state index in [1.54, 1.807) is 4.90 Å². The fourth-order valence-corrected chi connectivity index (χ4v) is 3.34. The van der Waals surface area contributed by atoms with Crippen LogP contribution in [0.5, 0.6) is 0 Å². The Labute approximate surface area is 125 Å². The summed E-state index contributed by atoms with van der Waals surface area (Å²) in [6.45, 7) is 0.631. The van der Waals surface area contributed by atoms with Gasteiger partial charge in [0, 0.05) is 18.3 Å². The molecule has 2 amide bonds. The maximum atomic E-state index is 12.5. The third-order valence-corrected chi connectivity index (χ3v) is 4.54. The van der Waals surface area contributed by atoms with E-state index in [0.717, 1.165) is 18.5 Å². The van der Waals surface area contributed by atoms with E-state index in [0.29, 0.717) is 13.0 Å². The van der Waals surface area contributed by atoms with E-state index >= 15 is 0 Å². The van der Waals surface area contributed by atoms with Gasteiger partial charge >= 0.3 is 0 Å². The minimum absolute atomic E-state index is 0.0606. The molecule has 112 valence electrons. The lowest BCUT2D eigenvalue weighted by Crippen LogP contribution is -2.42. The van der Waals surface area contributed by atoms with Crippen LogP contribution in [-0.2, 0) is 9.59 Å². The Hall–Kier alpha value is -1.84. The molecule has 0 unspecified atom stereocenters. The third kappa shape index (κ3) is 3.09. The van der Waals surface area contributed by atoms with Crippen LogP contribution in [0.1, 0.15) is 38.5 Å². The van der Waals surface area contributed by atoms with E-state index in [2.05, 4.69) is 5.32 Å². The summed E-state index contributed by atoms with van der Waals surface area (Å²) >= 11 is 0. The van der Waals surface area contributed by atoms with Crippen LogP contribution in [0.15, 0.2) is 30.3 Å². The Bertz CT molecular complexity index is 509. The van der Waals surface area contributed by atoms with Crippen molar-refractivity contribution in [2.24, 2.45) is 5.92 Å². The molecule has 1 aliphatic carbocycles. The first kappa shape index (κ1) is 14.1. The summed E-state index contributed by atoms with van der Waals surface area (Å²) in [6, 6.07) is 9.86. The van der Waals surface area contributed by atoms with Gasteiger partial charge in [-0.15, -0.1) is 0 Å². The first-order chi connectivity index (χ1) is 10.3. The second-order valence-corrected chi connectivity index (χ2v) is 6.01. The first-order valence-electron chi connectivity index (χ1n) is 7.92. The lowest BCUT2D eigenvalue weighted by molar-refractivity contribution is -0.132. The van der Waals surface area contributed by atoms with Gasteiger partial charge in [0.1, 0.15) is 5.92 Å². The van der Waals surface area contributed by atoms with Crippen molar-refractivity contribution < 1.29 is 9.59 Å². The number of amides is 2. The van der Waals surface area contributed by atoms with Crippen molar-refractivity contribution in [2.45, 2.75) is 44.6 Å². The highest BCUT2D eigenvalue weighted by Crippen LogP contribution is 2.26. The van der Waals surface area contributed by atoms with Gasteiger partial charge in [-0.1, -0.05) is 37.5 Å². The van der Waals surface area contributed by atoms with Crippen molar-refractivity contribution in [1.29, 1.82) is 0 Å². The highest BCUT2D eigenvalue weighted by molar-refractivity contribution is 6.09. The van der Waals surface area contributed by atoms with Crippen molar-refractivity contribution in [3.05, 3.63) is 30.3 Å². The number of hydrogen-bond donors (Lipinski definition) is 1. The summed E-state index contributed by atoms with van der Waals surface area (Å²) in [7, 11) is 0. The van der Waals surface area contributed by atoms with Crippen molar-refractivity contribution in [3.63, 3.8) is 0 Å². The van der Waals surface area contributed by atoms with Gasteiger partial charge in [-0.3, -0.25) is 9.59 Å². The molecule has 1 aromatic carbocycles. The Morgan fingerprint density at radius 2 is 1.76 bits per heavy atom. The van der Waals surface area contributed by atoms with Gasteiger partial charge in [-0.25, -0.2) is 0 Å². The first-order valence-corrected chi connectivity index (χ1v) is 7.92. The van der Waals surface area contributed by atoms with Gasteiger partial charge in [-0.2, -0.15) is 0 Å². The number of benzene rings is 1. The van der Waals surface area contributed by atoms with E-state index in [1.807, 2.05) is 30.3 Å². The summed E-state index contributed by atoms with van der Waals surface area (Å²) < 4.78 is 0. The van der Waals surface area contributed by atoms with Crippen LogP contribution >= 0.6 is 0 Å². The zero-order chi connectivity index (χ0) is 14.7. The largest absolute Gasteiger partial charge is 0.353 e. The maximum Gasteiger partial charge on any atom is 0.239 e. The standard InChI is InChI=1S/C17H22N2O2/c20-16(18-13-7-3-1-4-8-13)15-11-12-19(17(15)21)14-9-5-2-6-10-14/h2,5-6,9-10,13,15H,1,3-4,7-8,11-12H2,(H,18,20)/t15-/m0/s1. The Morgan fingerprint density at radius 3 is 2.48 bits per heavy atom. The molecular weight excluding hydrogens is 264 g/mol. The number of nitrogens with one attached hydrogen (secondary N) is 1. The number of carbonyl (C=O) groups is 2. The van der Waals surface area contributed by atoms with Gasteiger partial charge in [0.2, 0.25) is 11.8 Å². The van der Waals surface area contributed by atoms with E-state index in [4.69, 9.17) is 0 Å². The zero-order valence-electron chi connectivity index (χ0n) is 12.3. The normalized spacial score (nSPS) is 23.3. The summed E-state index contributed by atoms with van der Waals surface area (Å²) in [5.74, 6) is -0.646. The molecule has 0 spiro atoms. The van der Waals surface area contributed by atoms with Crippen LogP contribution in [0.2, 0.25) is 0 Å². The molecule has 1 saturated heterocycles. The molecule has 1 atom stereocenters. The second kappa shape index (κ2) is 6.29. The number of rotatable bonds is 3. The van der Waals surface area contributed by atoms with Gasteiger partial charge in [0.25, 0.3) is 0 Å². The molecule has 0 bridgehead atoms. The fraction of sp³-hybridized carbons (Fsp3) is 0.529. The average Bonchev–Trinajstić information content (AvgIpc) is 2.91. The lowest BCUT2D eigenvalue weighted by atomic mass is 9.94.